The van der Waals surface area contributed by atoms with Crippen LogP contribution in [0.4, 0.5) is 24.8 Å². The molecule has 2 aromatic heterocycles. The molecule has 1 aromatic carbocycles. The number of nitrogens with zero attached hydrogens (tertiary/aromatic N) is 4. The number of thiazole rings is 1. The minimum atomic E-state index is -4.57. The second-order valence-electron chi connectivity index (χ2n) is 10.3. The van der Waals surface area contributed by atoms with Crippen molar-refractivity contribution >= 4 is 28.9 Å². The first-order valence-corrected chi connectivity index (χ1v) is 13.7. The Balaban J connectivity index is 1.28. The molecule has 1 amide bonds. The van der Waals surface area contributed by atoms with Crippen LogP contribution in [0.2, 0.25) is 0 Å². The number of rotatable bonds is 6. The lowest BCUT2D eigenvalue weighted by Gasteiger charge is -2.36. The molecule has 3 aromatic rings. The van der Waals surface area contributed by atoms with E-state index in [4.69, 9.17) is 4.74 Å². The summed E-state index contributed by atoms with van der Waals surface area (Å²) in [4.78, 5) is 27.6. The number of nitrogens with one attached hydrogen (secondary N) is 1. The number of aromatic nitrogens is 3. The van der Waals surface area contributed by atoms with Crippen LogP contribution in [0.3, 0.4) is 0 Å². The lowest BCUT2D eigenvalue weighted by molar-refractivity contribution is -0.141. The van der Waals surface area contributed by atoms with Crippen LogP contribution in [-0.2, 0) is 21.3 Å². The summed E-state index contributed by atoms with van der Waals surface area (Å²) < 4.78 is 44.5. The number of ether oxygens (including phenoxy) is 1. The Kier molecular flexibility index (Phi) is 7.62. The fourth-order valence-electron chi connectivity index (χ4n) is 5.18. The monoisotopic (exact) mass is 561 g/mol. The Hall–Kier alpha value is -3.09. The summed E-state index contributed by atoms with van der Waals surface area (Å²) in [6.45, 7) is 3.13. The highest BCUT2D eigenvalue weighted by atomic mass is 32.1. The number of anilines is 2. The first-order chi connectivity index (χ1) is 18.5. The van der Waals surface area contributed by atoms with Gasteiger partial charge in [0.2, 0.25) is 11.9 Å². The summed E-state index contributed by atoms with van der Waals surface area (Å²) in [5.41, 5.74) is 0.0936. The molecular formula is C27H30F3N5O3S. The van der Waals surface area contributed by atoms with Crippen molar-refractivity contribution in [2.24, 2.45) is 5.92 Å². The van der Waals surface area contributed by atoms with Crippen molar-refractivity contribution in [2.45, 2.75) is 56.8 Å². The number of carbonyl (C=O) groups is 1. The average Bonchev–Trinajstić information content (AvgIpc) is 3.61. The second-order valence-corrected chi connectivity index (χ2v) is 11.3. The zero-order valence-corrected chi connectivity index (χ0v) is 22.5. The minimum Gasteiger partial charge on any atom is -0.383 e. The van der Waals surface area contributed by atoms with Crippen LogP contribution in [0.5, 0.6) is 0 Å². The van der Waals surface area contributed by atoms with E-state index in [1.807, 2.05) is 20.0 Å². The van der Waals surface area contributed by atoms with Gasteiger partial charge in [-0.3, -0.25) is 4.79 Å². The van der Waals surface area contributed by atoms with Crippen LogP contribution in [0, 0.1) is 12.8 Å². The van der Waals surface area contributed by atoms with E-state index in [0.29, 0.717) is 49.6 Å². The van der Waals surface area contributed by atoms with Crippen molar-refractivity contribution in [1.82, 2.24) is 19.9 Å². The number of aryl methyl sites for hydroxylation is 1. The molecule has 5 rings (SSSR count). The molecule has 3 heterocycles. The number of hydrogen-bond donors (Lipinski definition) is 2. The molecule has 1 aliphatic heterocycles. The zero-order valence-electron chi connectivity index (χ0n) is 21.7. The SMILES string of the molecule is Cc1cc(Nc2nccc(C(F)(F)F)n2)cc(-c2cnc(C3(O)CCC(C(=O)N(C)C4CCOC4)CC3)s2)c1. The van der Waals surface area contributed by atoms with E-state index < -0.39 is 17.5 Å². The van der Waals surface area contributed by atoms with Crippen molar-refractivity contribution in [3.05, 3.63) is 52.9 Å². The molecule has 2 aliphatic rings. The second kappa shape index (κ2) is 10.8. The van der Waals surface area contributed by atoms with Crippen LogP contribution >= 0.6 is 11.3 Å². The van der Waals surface area contributed by atoms with E-state index in [-0.39, 0.29) is 23.8 Å². The number of likely N-dealkylation sites (N-methyl/N-ethyl adjacent to an activating group) is 1. The van der Waals surface area contributed by atoms with Gasteiger partial charge in [0.15, 0.2) is 0 Å². The van der Waals surface area contributed by atoms with Gasteiger partial charge in [0.25, 0.3) is 0 Å². The first kappa shape index (κ1) is 27.5. The highest BCUT2D eigenvalue weighted by Gasteiger charge is 2.41. The Morgan fingerprint density at radius 3 is 2.67 bits per heavy atom. The number of carbonyl (C=O) groups excluding carboxylic acids is 1. The molecule has 39 heavy (non-hydrogen) atoms. The molecule has 208 valence electrons. The number of halogens is 3. The van der Waals surface area contributed by atoms with E-state index in [1.54, 1.807) is 23.2 Å². The van der Waals surface area contributed by atoms with E-state index >= 15 is 0 Å². The number of hydrogen-bond acceptors (Lipinski definition) is 8. The van der Waals surface area contributed by atoms with Gasteiger partial charge in [-0.1, -0.05) is 6.07 Å². The van der Waals surface area contributed by atoms with E-state index in [9.17, 15) is 23.1 Å². The summed E-state index contributed by atoms with van der Waals surface area (Å²) in [5, 5.41) is 14.9. The van der Waals surface area contributed by atoms with Gasteiger partial charge in [0.05, 0.1) is 17.5 Å². The zero-order chi connectivity index (χ0) is 27.8. The average molecular weight is 562 g/mol. The maximum absolute atomic E-state index is 13.0. The maximum atomic E-state index is 13.0. The van der Waals surface area contributed by atoms with Crippen molar-refractivity contribution in [1.29, 1.82) is 0 Å². The highest BCUT2D eigenvalue weighted by Crippen LogP contribution is 2.43. The van der Waals surface area contributed by atoms with Crippen LogP contribution in [-0.4, -0.2) is 57.2 Å². The lowest BCUT2D eigenvalue weighted by atomic mass is 9.78. The Labute approximate surface area is 228 Å². The molecule has 1 saturated carbocycles. The van der Waals surface area contributed by atoms with Gasteiger partial charge in [-0.2, -0.15) is 13.2 Å². The number of aliphatic hydroxyl groups is 1. The predicted octanol–water partition coefficient (Wildman–Crippen LogP) is 5.30. The molecule has 1 saturated heterocycles. The van der Waals surface area contributed by atoms with Gasteiger partial charge in [-0.25, -0.2) is 15.0 Å². The third kappa shape index (κ3) is 6.07. The fraction of sp³-hybridized carbons (Fsp3) is 0.481. The Morgan fingerprint density at radius 2 is 1.97 bits per heavy atom. The van der Waals surface area contributed by atoms with Gasteiger partial charge in [0, 0.05) is 37.7 Å². The van der Waals surface area contributed by atoms with Crippen LogP contribution in [0.1, 0.15) is 48.4 Å². The van der Waals surface area contributed by atoms with Gasteiger partial charge < -0.3 is 20.1 Å². The maximum Gasteiger partial charge on any atom is 0.433 e. The van der Waals surface area contributed by atoms with Gasteiger partial charge in [-0.05, 0) is 68.4 Å². The number of alkyl halides is 3. The first-order valence-electron chi connectivity index (χ1n) is 12.8. The largest absolute Gasteiger partial charge is 0.433 e. The summed E-state index contributed by atoms with van der Waals surface area (Å²) >= 11 is 1.38. The molecule has 2 N–H and O–H groups in total. The van der Waals surface area contributed by atoms with Crippen LogP contribution < -0.4 is 5.32 Å². The predicted molar refractivity (Wildman–Crippen MR) is 140 cm³/mol. The Bertz CT molecular complexity index is 1330. The standard InChI is InChI=1S/C27H30F3N5O3S/c1-16-11-18(13-19(12-16)33-25-31-9-5-22(34-25)27(28,29)30)21-14-32-24(39-21)26(37)7-3-17(4-8-26)23(36)35(2)20-6-10-38-15-20/h5,9,11-14,17,20,37H,3-4,6-8,10,15H2,1-2H3,(H,31,33,34). The summed E-state index contributed by atoms with van der Waals surface area (Å²) in [7, 11) is 1.83. The van der Waals surface area contributed by atoms with Crippen molar-refractivity contribution in [3.8, 4) is 10.4 Å². The highest BCUT2D eigenvalue weighted by molar-refractivity contribution is 7.15. The molecule has 12 heteroatoms. The van der Waals surface area contributed by atoms with Crippen molar-refractivity contribution in [3.63, 3.8) is 0 Å². The molecule has 1 unspecified atom stereocenters. The molecule has 0 spiro atoms. The topological polar surface area (TPSA) is 100 Å². The summed E-state index contributed by atoms with van der Waals surface area (Å²) in [6.07, 6.45) is 1.09. The molecular weight excluding hydrogens is 531 g/mol. The minimum absolute atomic E-state index is 0.108. The normalized spacial score (nSPS) is 23.5. The van der Waals surface area contributed by atoms with E-state index in [2.05, 4.69) is 20.3 Å². The summed E-state index contributed by atoms with van der Waals surface area (Å²) in [6, 6.07) is 6.46. The van der Waals surface area contributed by atoms with E-state index in [1.165, 1.54) is 11.3 Å². The molecule has 1 aliphatic carbocycles. The number of benzene rings is 1. The van der Waals surface area contributed by atoms with Crippen LogP contribution in [0.25, 0.3) is 10.4 Å². The quantitative estimate of drug-likeness (QED) is 0.422. The third-order valence-electron chi connectivity index (χ3n) is 7.43. The lowest BCUT2D eigenvalue weighted by Crippen LogP contribution is -2.43. The van der Waals surface area contributed by atoms with Gasteiger partial charge in [0.1, 0.15) is 16.3 Å². The van der Waals surface area contributed by atoms with Gasteiger partial charge in [-0.15, -0.1) is 11.3 Å². The van der Waals surface area contributed by atoms with Gasteiger partial charge >= 0.3 is 6.18 Å². The fourth-order valence-corrected chi connectivity index (χ4v) is 6.23. The number of amides is 1. The molecule has 2 fully saturated rings. The van der Waals surface area contributed by atoms with Crippen molar-refractivity contribution in [2.75, 3.05) is 25.6 Å². The van der Waals surface area contributed by atoms with E-state index in [0.717, 1.165) is 34.7 Å². The molecule has 1 atom stereocenters. The van der Waals surface area contributed by atoms with Crippen LogP contribution in [0.15, 0.2) is 36.7 Å². The third-order valence-corrected chi connectivity index (χ3v) is 8.67. The summed E-state index contributed by atoms with van der Waals surface area (Å²) in [5.74, 6) is -0.172. The Morgan fingerprint density at radius 1 is 1.21 bits per heavy atom. The molecule has 0 radical (unpaired) electrons. The molecule has 0 bridgehead atoms. The molecule has 8 nitrogen and oxygen atoms in total. The smallest absolute Gasteiger partial charge is 0.383 e. The van der Waals surface area contributed by atoms with Crippen molar-refractivity contribution < 1.29 is 27.8 Å².